The topological polar surface area (TPSA) is 307 Å². The van der Waals surface area contributed by atoms with Crippen LogP contribution in [0.15, 0.2) is 60.8 Å². The van der Waals surface area contributed by atoms with Crippen LogP contribution < -0.4 is 5.32 Å². The van der Waals surface area contributed by atoms with Crippen molar-refractivity contribution in [2.24, 2.45) is 0 Å². The number of carbonyl (C=O) groups excluding carboxylic acids is 1. The van der Waals surface area contributed by atoms with Gasteiger partial charge in [-0.25, -0.2) is 0 Å². The molecule has 3 aliphatic rings. The summed E-state index contributed by atoms with van der Waals surface area (Å²) in [4.78, 5) is 13.4. The Kier molecular flexibility index (Phi) is 51.3. The lowest BCUT2D eigenvalue weighted by atomic mass is 9.96. The average Bonchev–Trinajstić information content (AvgIpc) is 0.787. The Balaban J connectivity index is 1.38. The molecule has 3 rings (SSSR count). The van der Waals surface area contributed by atoms with Crippen molar-refractivity contribution in [3.8, 4) is 0 Å². The van der Waals surface area contributed by atoms with Gasteiger partial charge in [-0.15, -0.1) is 0 Å². The Morgan fingerprint density at radius 2 is 0.734 bits per heavy atom. The van der Waals surface area contributed by atoms with Crippen LogP contribution in [0.4, 0.5) is 0 Å². The second-order valence-corrected chi connectivity index (χ2v) is 26.7. The predicted octanol–water partition coefficient (Wildman–Crippen LogP) is 11.1. The van der Waals surface area contributed by atoms with Gasteiger partial charge in [0.25, 0.3) is 0 Å². The maximum absolute atomic E-state index is 13.4. The number of ether oxygens (including phenoxy) is 6. The molecule has 19 heteroatoms. The summed E-state index contributed by atoms with van der Waals surface area (Å²) in [6.07, 6.45) is 43.6. The van der Waals surface area contributed by atoms with Gasteiger partial charge in [-0.3, -0.25) is 4.79 Å². The molecule has 94 heavy (non-hydrogen) atoms. The minimum absolute atomic E-state index is 0.213. The average molecular weight is 1340 g/mol. The van der Waals surface area contributed by atoms with Crippen LogP contribution in [-0.4, -0.2) is 193 Å². The molecule has 12 N–H and O–H groups in total. The van der Waals surface area contributed by atoms with E-state index in [1.165, 1.54) is 173 Å². The van der Waals surface area contributed by atoms with Gasteiger partial charge < -0.3 is 89.9 Å². The molecule has 1 amide bonds. The Hall–Kier alpha value is -2.51. The van der Waals surface area contributed by atoms with Crippen LogP contribution in [0.5, 0.6) is 0 Å². The third-order valence-electron chi connectivity index (χ3n) is 18.6. The third-order valence-corrected chi connectivity index (χ3v) is 18.6. The SMILES string of the molecule is CC/C=C\C/C=C\C/C=C\C/C=C\CCCCCCC(=O)NC(COC1OC(CO)C(OC2OC(CO)C(OC3OC(CO)C(O)C(O)C3O)C(O)C2O)C(O)C1O)C(O)/C=C/CCCCCCCCCCCCCCCCCCCCCCCCCCCCCCCC. The van der Waals surface area contributed by atoms with E-state index < -0.39 is 124 Å². The van der Waals surface area contributed by atoms with Gasteiger partial charge in [0.15, 0.2) is 18.9 Å². The van der Waals surface area contributed by atoms with Crippen molar-refractivity contribution in [2.45, 2.75) is 381 Å². The van der Waals surface area contributed by atoms with Crippen molar-refractivity contribution in [3.63, 3.8) is 0 Å². The molecule has 0 aromatic rings. The normalized spacial score (nSPS) is 27.7. The lowest BCUT2D eigenvalue weighted by Crippen LogP contribution is -2.66. The molecular weight excluding hydrogens is 1200 g/mol. The zero-order valence-corrected chi connectivity index (χ0v) is 58.2. The largest absolute Gasteiger partial charge is 0.394 e. The first kappa shape index (κ1) is 85.7. The van der Waals surface area contributed by atoms with E-state index in [2.05, 4.69) is 67.8 Å². The molecule has 19 nitrogen and oxygen atoms in total. The van der Waals surface area contributed by atoms with Crippen molar-refractivity contribution in [1.29, 1.82) is 0 Å². The molecule has 0 aliphatic carbocycles. The van der Waals surface area contributed by atoms with E-state index in [1.54, 1.807) is 6.08 Å². The molecule has 548 valence electrons. The fourth-order valence-electron chi connectivity index (χ4n) is 12.5. The molecule has 3 heterocycles. The highest BCUT2D eigenvalue weighted by molar-refractivity contribution is 5.76. The van der Waals surface area contributed by atoms with Gasteiger partial charge in [0, 0.05) is 6.42 Å². The molecule has 0 radical (unpaired) electrons. The monoisotopic (exact) mass is 1340 g/mol. The number of hydrogen-bond donors (Lipinski definition) is 12. The summed E-state index contributed by atoms with van der Waals surface area (Å²) in [7, 11) is 0. The Bertz CT molecular complexity index is 1940. The summed E-state index contributed by atoms with van der Waals surface area (Å²) in [5.41, 5.74) is 0. The number of nitrogens with one attached hydrogen (secondary N) is 1. The summed E-state index contributed by atoms with van der Waals surface area (Å²) in [6, 6.07) is -0.990. The van der Waals surface area contributed by atoms with Gasteiger partial charge in [-0.1, -0.05) is 274 Å². The van der Waals surface area contributed by atoms with Crippen molar-refractivity contribution in [3.05, 3.63) is 60.8 Å². The first-order valence-electron chi connectivity index (χ1n) is 37.5. The van der Waals surface area contributed by atoms with Gasteiger partial charge in [-0.05, 0) is 57.8 Å². The lowest BCUT2D eigenvalue weighted by molar-refractivity contribution is -0.379. The van der Waals surface area contributed by atoms with Crippen LogP contribution in [0, 0.1) is 0 Å². The maximum atomic E-state index is 13.4. The first-order chi connectivity index (χ1) is 45.8. The fraction of sp³-hybridized carbons (Fsp3) is 0.853. The number of aliphatic hydroxyl groups is 11. The summed E-state index contributed by atoms with van der Waals surface area (Å²) in [5.74, 6) is -0.298. The number of hydrogen-bond acceptors (Lipinski definition) is 18. The van der Waals surface area contributed by atoms with Crippen LogP contribution in [0.3, 0.4) is 0 Å². The first-order valence-corrected chi connectivity index (χ1v) is 37.5. The van der Waals surface area contributed by atoms with Crippen LogP contribution in [0.25, 0.3) is 0 Å². The van der Waals surface area contributed by atoms with Crippen molar-refractivity contribution < 1.29 is 89.4 Å². The minimum atomic E-state index is -1.98. The molecule has 0 saturated carbocycles. The number of aliphatic hydroxyl groups excluding tert-OH is 11. The van der Waals surface area contributed by atoms with E-state index >= 15 is 0 Å². The lowest BCUT2D eigenvalue weighted by Gasteiger charge is -2.48. The van der Waals surface area contributed by atoms with Crippen LogP contribution >= 0.6 is 0 Å². The van der Waals surface area contributed by atoms with Crippen molar-refractivity contribution >= 4 is 5.91 Å². The number of carbonyl (C=O) groups is 1. The van der Waals surface area contributed by atoms with E-state index in [4.69, 9.17) is 28.4 Å². The Morgan fingerprint density at radius 3 is 1.15 bits per heavy atom. The number of allylic oxidation sites excluding steroid dienone is 9. The summed E-state index contributed by atoms with van der Waals surface area (Å²) in [6.45, 7) is 1.62. The van der Waals surface area contributed by atoms with Crippen molar-refractivity contribution in [2.75, 3.05) is 26.4 Å². The van der Waals surface area contributed by atoms with Gasteiger partial charge in [-0.2, -0.15) is 0 Å². The highest BCUT2D eigenvalue weighted by Crippen LogP contribution is 2.33. The molecular formula is C75H135NO18. The zero-order valence-electron chi connectivity index (χ0n) is 58.2. The molecule has 3 fully saturated rings. The summed E-state index contributed by atoms with van der Waals surface area (Å²) >= 11 is 0. The van der Waals surface area contributed by atoms with Gasteiger partial charge >= 0.3 is 0 Å². The van der Waals surface area contributed by atoms with Crippen LogP contribution in [0.2, 0.25) is 0 Å². The molecule has 0 spiro atoms. The van der Waals surface area contributed by atoms with Gasteiger partial charge in [0.2, 0.25) is 5.91 Å². The minimum Gasteiger partial charge on any atom is -0.394 e. The van der Waals surface area contributed by atoms with E-state index in [0.717, 1.165) is 77.0 Å². The smallest absolute Gasteiger partial charge is 0.220 e. The number of amides is 1. The Morgan fingerprint density at radius 1 is 0.394 bits per heavy atom. The summed E-state index contributed by atoms with van der Waals surface area (Å²) < 4.78 is 34.4. The van der Waals surface area contributed by atoms with Crippen molar-refractivity contribution in [1.82, 2.24) is 5.32 Å². The van der Waals surface area contributed by atoms with E-state index in [9.17, 15) is 61.0 Å². The highest BCUT2D eigenvalue weighted by Gasteiger charge is 2.53. The second-order valence-electron chi connectivity index (χ2n) is 26.7. The van der Waals surface area contributed by atoms with Crippen LogP contribution in [-0.2, 0) is 33.2 Å². The molecule has 17 unspecified atom stereocenters. The molecule has 3 aliphatic heterocycles. The standard InChI is InChI=1S/C75H135NO18/c1-3-5-7-9-11-13-15-17-19-21-22-23-24-25-26-27-28-29-30-31-32-33-34-35-37-38-40-42-44-46-48-50-52-59(80)58(76-63(81)53-51-49-47-45-43-41-39-36-20-18-16-14-12-10-8-6-4-2)57-89-73-69(87)66(84)71(61(55-78)91-73)94-75-70(88)67(85)72(62(56-79)92-75)93-74-68(86)65(83)64(82)60(54-77)90-74/h6,8,12,14,18,20,39,41,50,52,58-62,64-75,77-80,82-88H,3-5,7,9-11,13,15-17,19,21-38,40,42-49,51,53-57H2,1-2H3,(H,76,81)/b8-6-,14-12-,20-18-,41-39-,52-50+. The molecule has 3 saturated heterocycles. The molecule has 0 aromatic heterocycles. The highest BCUT2D eigenvalue weighted by atomic mass is 16.8. The molecule has 17 atom stereocenters. The van der Waals surface area contributed by atoms with Gasteiger partial charge in [0.05, 0.1) is 38.6 Å². The van der Waals surface area contributed by atoms with E-state index in [-0.39, 0.29) is 18.9 Å². The number of unbranched alkanes of at least 4 members (excludes halogenated alkanes) is 34. The third kappa shape index (κ3) is 37.1. The second kappa shape index (κ2) is 56.3. The molecule has 0 bridgehead atoms. The zero-order chi connectivity index (χ0) is 68.2. The molecule has 0 aromatic carbocycles. The van der Waals surface area contributed by atoms with E-state index in [1.807, 2.05) is 6.08 Å². The Labute approximate surface area is 566 Å². The number of rotatable bonds is 58. The fourth-order valence-corrected chi connectivity index (χ4v) is 12.5. The quantitative estimate of drug-likeness (QED) is 0.0199. The maximum Gasteiger partial charge on any atom is 0.220 e. The van der Waals surface area contributed by atoms with Crippen LogP contribution in [0.1, 0.15) is 277 Å². The predicted molar refractivity (Wildman–Crippen MR) is 369 cm³/mol. The van der Waals surface area contributed by atoms with E-state index in [0.29, 0.717) is 6.42 Å². The summed E-state index contributed by atoms with van der Waals surface area (Å²) in [5, 5.41) is 121. The van der Waals surface area contributed by atoms with Gasteiger partial charge in [0.1, 0.15) is 73.2 Å².